The molecule has 3 nitrogen and oxygen atoms in total. The summed E-state index contributed by atoms with van der Waals surface area (Å²) in [6.45, 7) is 4.54. The van der Waals surface area contributed by atoms with E-state index in [-0.39, 0.29) is 5.91 Å². The van der Waals surface area contributed by atoms with Gasteiger partial charge in [0.25, 0.3) is 5.91 Å². The molecule has 1 fully saturated rings. The van der Waals surface area contributed by atoms with E-state index in [4.69, 9.17) is 0 Å². The fourth-order valence-corrected chi connectivity index (χ4v) is 2.92. The van der Waals surface area contributed by atoms with Gasteiger partial charge in [-0.1, -0.05) is 13.8 Å². The lowest BCUT2D eigenvalue weighted by atomic mass is 9.80. The van der Waals surface area contributed by atoms with Crippen LogP contribution < -0.4 is 10.6 Å². The number of anilines is 1. The second-order valence-electron chi connectivity index (χ2n) is 5.80. The minimum absolute atomic E-state index is 0.0501. The van der Waals surface area contributed by atoms with Gasteiger partial charge in [-0.15, -0.1) is 0 Å². The second kappa shape index (κ2) is 6.09. The van der Waals surface area contributed by atoms with E-state index >= 15 is 0 Å². The molecule has 2 N–H and O–H groups in total. The van der Waals surface area contributed by atoms with Crippen LogP contribution >= 0.6 is 0 Å². The molecule has 1 aliphatic carbocycles. The monoisotopic (exact) mass is 260 g/mol. The SMILES string of the molecule is CNc1ccc(C(=O)NC2CCC(C)CC2C)cc1. The average molecular weight is 260 g/mol. The van der Waals surface area contributed by atoms with Gasteiger partial charge in [-0.25, -0.2) is 0 Å². The van der Waals surface area contributed by atoms with Crippen molar-refractivity contribution in [3.63, 3.8) is 0 Å². The maximum absolute atomic E-state index is 12.2. The summed E-state index contributed by atoms with van der Waals surface area (Å²) in [6, 6.07) is 7.93. The zero-order valence-electron chi connectivity index (χ0n) is 12.1. The Kier molecular flexibility index (Phi) is 4.46. The molecule has 104 valence electrons. The molecule has 0 aliphatic heterocycles. The average Bonchev–Trinajstić information content (AvgIpc) is 2.42. The summed E-state index contributed by atoms with van der Waals surface area (Å²) in [5, 5.41) is 6.24. The summed E-state index contributed by atoms with van der Waals surface area (Å²) in [5.74, 6) is 1.41. The Hall–Kier alpha value is -1.51. The predicted octanol–water partition coefficient (Wildman–Crippen LogP) is 3.28. The highest BCUT2D eigenvalue weighted by Crippen LogP contribution is 2.28. The van der Waals surface area contributed by atoms with Gasteiger partial charge in [-0.05, 0) is 55.4 Å². The maximum atomic E-state index is 12.2. The zero-order chi connectivity index (χ0) is 13.8. The first-order valence-corrected chi connectivity index (χ1v) is 7.19. The molecule has 0 spiro atoms. The molecule has 0 aromatic heterocycles. The van der Waals surface area contributed by atoms with Crippen LogP contribution in [0.3, 0.4) is 0 Å². The van der Waals surface area contributed by atoms with E-state index in [1.807, 2.05) is 31.3 Å². The van der Waals surface area contributed by atoms with Crippen LogP contribution in [-0.4, -0.2) is 19.0 Å². The summed E-state index contributed by atoms with van der Waals surface area (Å²) in [4.78, 5) is 12.2. The molecule has 0 heterocycles. The van der Waals surface area contributed by atoms with E-state index in [9.17, 15) is 4.79 Å². The Morgan fingerprint density at radius 3 is 2.42 bits per heavy atom. The highest BCUT2D eigenvalue weighted by Gasteiger charge is 2.26. The topological polar surface area (TPSA) is 41.1 Å². The van der Waals surface area contributed by atoms with Crippen LogP contribution in [0, 0.1) is 11.8 Å². The molecule has 2 rings (SSSR count). The van der Waals surface area contributed by atoms with Crippen LogP contribution in [0.5, 0.6) is 0 Å². The fourth-order valence-electron chi connectivity index (χ4n) is 2.92. The highest BCUT2D eigenvalue weighted by atomic mass is 16.1. The zero-order valence-corrected chi connectivity index (χ0v) is 12.1. The maximum Gasteiger partial charge on any atom is 0.251 e. The Balaban J connectivity index is 1.96. The van der Waals surface area contributed by atoms with E-state index in [1.54, 1.807) is 0 Å². The molecule has 3 atom stereocenters. The molecule has 0 saturated heterocycles. The van der Waals surface area contributed by atoms with Crippen LogP contribution in [0.4, 0.5) is 5.69 Å². The van der Waals surface area contributed by atoms with Gasteiger partial charge in [0.15, 0.2) is 0 Å². The van der Waals surface area contributed by atoms with Crippen molar-refractivity contribution in [2.45, 2.75) is 39.2 Å². The standard InChI is InChI=1S/C16H24N2O/c1-11-4-9-15(12(2)10-11)18-16(19)13-5-7-14(17-3)8-6-13/h5-8,11-12,15,17H,4,9-10H2,1-3H3,(H,18,19). The molecule has 1 amide bonds. The molecular formula is C16H24N2O. The van der Waals surface area contributed by atoms with Crippen molar-refractivity contribution in [3.8, 4) is 0 Å². The Morgan fingerprint density at radius 2 is 1.84 bits per heavy atom. The number of amides is 1. The lowest BCUT2D eigenvalue weighted by Gasteiger charge is -2.33. The van der Waals surface area contributed by atoms with E-state index in [1.165, 1.54) is 12.8 Å². The van der Waals surface area contributed by atoms with Crippen molar-refractivity contribution >= 4 is 11.6 Å². The molecule has 1 aromatic carbocycles. The van der Waals surface area contributed by atoms with Gasteiger partial charge >= 0.3 is 0 Å². The van der Waals surface area contributed by atoms with Crippen molar-refractivity contribution < 1.29 is 4.79 Å². The Labute approximate surface area is 115 Å². The minimum atomic E-state index is 0.0501. The van der Waals surface area contributed by atoms with Crippen LogP contribution in [0.2, 0.25) is 0 Å². The first-order valence-electron chi connectivity index (χ1n) is 7.19. The molecule has 1 saturated carbocycles. The predicted molar refractivity (Wildman–Crippen MR) is 79.4 cm³/mol. The van der Waals surface area contributed by atoms with Gasteiger partial charge in [-0.3, -0.25) is 4.79 Å². The largest absolute Gasteiger partial charge is 0.388 e. The number of rotatable bonds is 3. The third-order valence-electron chi connectivity index (χ3n) is 4.18. The van der Waals surface area contributed by atoms with Crippen LogP contribution in [-0.2, 0) is 0 Å². The number of carbonyl (C=O) groups excluding carboxylic acids is 1. The molecule has 1 aromatic rings. The lowest BCUT2D eigenvalue weighted by molar-refractivity contribution is 0.0899. The van der Waals surface area contributed by atoms with Gasteiger partial charge in [-0.2, -0.15) is 0 Å². The summed E-state index contributed by atoms with van der Waals surface area (Å²) in [6.07, 6.45) is 3.53. The number of carbonyl (C=O) groups is 1. The Morgan fingerprint density at radius 1 is 1.16 bits per heavy atom. The summed E-state index contributed by atoms with van der Waals surface area (Å²) in [7, 11) is 1.87. The molecule has 3 heteroatoms. The van der Waals surface area contributed by atoms with Crippen molar-refractivity contribution in [2.24, 2.45) is 11.8 Å². The van der Waals surface area contributed by atoms with E-state index in [0.29, 0.717) is 12.0 Å². The normalized spacial score (nSPS) is 26.8. The second-order valence-corrected chi connectivity index (χ2v) is 5.80. The van der Waals surface area contributed by atoms with Gasteiger partial charge in [0.2, 0.25) is 0 Å². The van der Waals surface area contributed by atoms with Gasteiger partial charge in [0.05, 0.1) is 0 Å². The third-order valence-corrected chi connectivity index (χ3v) is 4.18. The van der Waals surface area contributed by atoms with Gasteiger partial charge < -0.3 is 10.6 Å². The van der Waals surface area contributed by atoms with Crippen molar-refractivity contribution in [1.29, 1.82) is 0 Å². The first kappa shape index (κ1) is 13.9. The number of hydrogen-bond acceptors (Lipinski definition) is 2. The van der Waals surface area contributed by atoms with Gasteiger partial charge in [0.1, 0.15) is 0 Å². The first-order chi connectivity index (χ1) is 9.10. The van der Waals surface area contributed by atoms with E-state index in [2.05, 4.69) is 24.5 Å². The van der Waals surface area contributed by atoms with Crippen molar-refractivity contribution in [1.82, 2.24) is 5.32 Å². The Bertz CT molecular complexity index is 427. The third kappa shape index (κ3) is 3.49. The number of nitrogens with one attached hydrogen (secondary N) is 2. The molecular weight excluding hydrogens is 236 g/mol. The summed E-state index contributed by atoms with van der Waals surface area (Å²) >= 11 is 0. The quantitative estimate of drug-likeness (QED) is 0.875. The van der Waals surface area contributed by atoms with Crippen LogP contribution in [0.1, 0.15) is 43.5 Å². The number of hydrogen-bond donors (Lipinski definition) is 2. The molecule has 0 radical (unpaired) electrons. The minimum Gasteiger partial charge on any atom is -0.388 e. The van der Waals surface area contributed by atoms with E-state index < -0.39 is 0 Å². The molecule has 3 unspecified atom stereocenters. The van der Waals surface area contributed by atoms with Crippen molar-refractivity contribution in [2.75, 3.05) is 12.4 Å². The highest BCUT2D eigenvalue weighted by molar-refractivity contribution is 5.94. The summed E-state index contributed by atoms with van der Waals surface area (Å²) in [5.41, 5.74) is 1.77. The molecule has 19 heavy (non-hydrogen) atoms. The van der Waals surface area contributed by atoms with Gasteiger partial charge in [0, 0.05) is 24.3 Å². The molecule has 0 bridgehead atoms. The fraction of sp³-hybridized carbons (Fsp3) is 0.562. The van der Waals surface area contributed by atoms with E-state index in [0.717, 1.165) is 23.6 Å². The number of benzene rings is 1. The molecule has 1 aliphatic rings. The van der Waals surface area contributed by atoms with Crippen molar-refractivity contribution in [3.05, 3.63) is 29.8 Å². The lowest BCUT2D eigenvalue weighted by Crippen LogP contribution is -2.42. The summed E-state index contributed by atoms with van der Waals surface area (Å²) < 4.78 is 0. The van der Waals surface area contributed by atoms with Crippen LogP contribution in [0.25, 0.3) is 0 Å². The smallest absolute Gasteiger partial charge is 0.251 e. The van der Waals surface area contributed by atoms with Crippen LogP contribution in [0.15, 0.2) is 24.3 Å².